The minimum Gasteiger partial charge on any atom is -0.326 e. The van der Waals surface area contributed by atoms with Crippen molar-refractivity contribution in [3.05, 3.63) is 105 Å². The van der Waals surface area contributed by atoms with Crippen LogP contribution in [0.4, 0.5) is 39.5 Å². The van der Waals surface area contributed by atoms with E-state index in [4.69, 9.17) is 31.1 Å². The molecule has 8 nitrogen and oxygen atoms in total. The van der Waals surface area contributed by atoms with Gasteiger partial charge in [-0.15, -0.1) is 34.0 Å². The fourth-order valence-electron chi connectivity index (χ4n) is 11.0. The van der Waals surface area contributed by atoms with Crippen LogP contribution in [-0.2, 0) is 37.3 Å². The number of rotatable bonds is 4. The summed E-state index contributed by atoms with van der Waals surface area (Å²) in [5.41, 5.74) is 5.04. The lowest BCUT2D eigenvalue weighted by atomic mass is 9.70. The molecule has 6 aliphatic heterocycles. The maximum absolute atomic E-state index is 13.2. The molecular weight excluding hydrogens is 1120 g/mol. The number of carbonyl (C=O) groups is 2. The number of nitrogens with two attached hydrogens (primary N) is 1. The highest BCUT2D eigenvalue weighted by Crippen LogP contribution is 2.59. The molecule has 0 radical (unpaired) electrons. The van der Waals surface area contributed by atoms with Crippen LogP contribution < -0.4 is 5.73 Å². The van der Waals surface area contributed by atoms with Crippen LogP contribution in [0.1, 0.15) is 93.8 Å². The van der Waals surface area contributed by atoms with Crippen LogP contribution in [0.5, 0.6) is 0 Å². The first-order valence-electron chi connectivity index (χ1n) is 22.8. The quantitative estimate of drug-likeness (QED) is 0.105. The van der Waals surface area contributed by atoms with Gasteiger partial charge >= 0.3 is 24.7 Å². The van der Waals surface area contributed by atoms with Gasteiger partial charge in [-0.05, 0) is 165 Å². The van der Waals surface area contributed by atoms with Crippen molar-refractivity contribution < 1.29 is 62.9 Å². The summed E-state index contributed by atoms with van der Waals surface area (Å²) < 4.78 is 124. The number of Topliss-reactive ketones (excluding diaryl/α,β-unsaturated/α-hetero) is 1. The molecule has 73 heavy (non-hydrogen) atoms. The second-order valence-corrected chi connectivity index (χ2v) is 24.4. The van der Waals surface area contributed by atoms with Crippen molar-refractivity contribution in [3.63, 3.8) is 0 Å². The van der Waals surface area contributed by atoms with Crippen molar-refractivity contribution >= 4 is 124 Å². The molecule has 2 atom stereocenters. The molecule has 8 aliphatic rings. The minimum atomic E-state index is -4.42. The first-order chi connectivity index (χ1) is 34.3. The van der Waals surface area contributed by atoms with E-state index in [1.54, 1.807) is 29.6 Å². The van der Waals surface area contributed by atoms with Crippen molar-refractivity contribution in [2.45, 2.75) is 93.4 Å². The van der Waals surface area contributed by atoms with Gasteiger partial charge in [-0.2, -0.15) is 49.1 Å². The third kappa shape index (κ3) is 13.0. The zero-order valence-corrected chi connectivity index (χ0v) is 43.7. The molecule has 3 aromatic carbocycles. The third-order valence-electron chi connectivity index (χ3n) is 14.6. The van der Waals surface area contributed by atoms with Crippen LogP contribution in [0, 0.1) is 17.8 Å². The Kier molecular flexibility index (Phi) is 18.0. The number of hydrogen-bond acceptors (Lipinski definition) is 11. The van der Waals surface area contributed by atoms with E-state index >= 15 is 0 Å². The van der Waals surface area contributed by atoms with E-state index < -0.39 is 49.7 Å². The topological polar surface area (TPSA) is 118 Å². The number of halogens is 12. The molecule has 2 aliphatic carbocycles. The second kappa shape index (κ2) is 23.0. The van der Waals surface area contributed by atoms with Crippen LogP contribution in [0.3, 0.4) is 0 Å². The summed E-state index contributed by atoms with van der Waals surface area (Å²) >= 11 is 8.11. The van der Waals surface area contributed by atoms with Gasteiger partial charge in [-0.3, -0.25) is 19.4 Å². The van der Waals surface area contributed by atoms with Gasteiger partial charge in [-0.25, -0.2) is 4.21 Å². The molecule has 2 unspecified atom stereocenters. The maximum atomic E-state index is 13.2. The first kappa shape index (κ1) is 57.2. The summed E-state index contributed by atoms with van der Waals surface area (Å²) in [5.74, 6) is 1.86. The van der Waals surface area contributed by atoms with Crippen molar-refractivity contribution in [1.29, 1.82) is 0 Å². The molecule has 8 fully saturated rings. The van der Waals surface area contributed by atoms with E-state index in [9.17, 15) is 49.1 Å². The summed E-state index contributed by atoms with van der Waals surface area (Å²) in [6.07, 6.45) is -2.18. The van der Waals surface area contributed by atoms with Gasteiger partial charge in [0.15, 0.2) is 5.78 Å². The number of carbonyl (C=O) groups excluding carboxylic acids is 4. The minimum absolute atomic E-state index is 0.0179. The number of ketones is 1. The Morgan fingerprint density at radius 1 is 0.644 bits per heavy atom. The Morgan fingerprint density at radius 3 is 1.45 bits per heavy atom. The average molecular weight is 1160 g/mol. The smallest absolute Gasteiger partial charge is 0.326 e. The highest BCUT2D eigenvalue weighted by molar-refractivity contribution is 8.26. The van der Waals surface area contributed by atoms with E-state index in [1.807, 2.05) is 0 Å². The van der Waals surface area contributed by atoms with Crippen molar-refractivity contribution in [3.8, 4) is 0 Å². The number of nitrogens with zero attached hydrogens (tertiary/aromatic N) is 2. The van der Waals surface area contributed by atoms with Crippen LogP contribution in [-0.4, -0.2) is 74.5 Å². The zero-order chi connectivity index (χ0) is 53.3. The molecule has 2 saturated carbocycles. The van der Waals surface area contributed by atoms with Gasteiger partial charge < -0.3 is 5.73 Å². The summed E-state index contributed by atoms with van der Waals surface area (Å²) in [5, 5.41) is 2.47. The van der Waals surface area contributed by atoms with E-state index in [0.29, 0.717) is 55.6 Å². The maximum Gasteiger partial charge on any atom is 0.417 e. The first-order valence-corrected chi connectivity index (χ1v) is 28.5. The highest BCUT2D eigenvalue weighted by atomic mass is 36.0. The van der Waals surface area contributed by atoms with Gasteiger partial charge in [0.1, 0.15) is 0 Å². The van der Waals surface area contributed by atoms with Gasteiger partial charge in [0.2, 0.25) is 9.23 Å². The number of thiophene rings is 3. The molecule has 2 N–H and O–H groups in total. The standard InChI is InChI=1S/C20H20F3NOS.C10H4ClF3OS.C9H5F3S.C9H16N2.CO2.Cl2OS/c21-20(22,23)14-3-1-2-13-10-17(26-18(13)14)16(25)11-15-12-4-8-24(9-5-12)19(15)6-7-19;11-9(15)7-4-5-2-1-3-6(8(5)16-7)10(12,13)14;10-9(11,12)7-3-1-2-6-4-5-13-8(6)7;10-8-7-1-5-11(6-2-7)9(8)3-4-9;2-1-3;1-4(2)3/h1-3,10,12,15H,4-9,11H2;1-4H;1-5H;7-8H,1-6,10H2;;. The SMILES string of the molecule is FC(F)(F)c1cccc2ccsc12.NC1C2CCN(CC2)C12CC2.O=C(CC1C2CCN(CC2)C12CC2)c1cc2cccc(C(F)(F)F)c2s1.O=C(Cl)c1cc2cccc(C(F)(F)F)c2s1.O=C=O.O=S(Cl)Cl. The van der Waals surface area contributed by atoms with Gasteiger partial charge in [0, 0.05) is 59.0 Å². The third-order valence-corrected chi connectivity index (χ3v) is 18.3. The largest absolute Gasteiger partial charge is 0.417 e. The number of benzene rings is 3. The van der Waals surface area contributed by atoms with E-state index in [-0.39, 0.29) is 31.8 Å². The lowest BCUT2D eigenvalue weighted by Gasteiger charge is -2.52. The molecule has 14 rings (SSSR count). The van der Waals surface area contributed by atoms with Crippen LogP contribution >= 0.6 is 67.0 Å². The fourth-order valence-corrected chi connectivity index (χ4v) is 14.3. The summed E-state index contributed by atoms with van der Waals surface area (Å²) in [7, 11) is 7.36. The lowest BCUT2D eigenvalue weighted by molar-refractivity contribution is -0.191. The van der Waals surface area contributed by atoms with Crippen molar-refractivity contribution in [2.75, 3.05) is 26.2 Å². The Labute approximate surface area is 441 Å². The van der Waals surface area contributed by atoms with Gasteiger partial charge in [0.05, 0.1) is 26.4 Å². The second-order valence-electron chi connectivity index (χ2n) is 18.5. The van der Waals surface area contributed by atoms with Crippen molar-refractivity contribution in [1.82, 2.24) is 9.80 Å². The molecule has 394 valence electrons. The van der Waals surface area contributed by atoms with E-state index in [0.717, 1.165) is 84.1 Å². The average Bonchev–Trinajstić information content (AvgIpc) is 4.09. The van der Waals surface area contributed by atoms with Crippen LogP contribution in [0.25, 0.3) is 30.3 Å². The Balaban J connectivity index is 0.000000143. The predicted molar refractivity (Wildman–Crippen MR) is 268 cm³/mol. The molecule has 24 heteroatoms. The van der Waals surface area contributed by atoms with Crippen molar-refractivity contribution in [2.24, 2.45) is 23.5 Å². The monoisotopic (exact) mass is 1160 g/mol. The zero-order valence-electron chi connectivity index (χ0n) is 38.2. The van der Waals surface area contributed by atoms with E-state index in [2.05, 4.69) is 31.2 Å². The Bertz CT molecular complexity index is 2980. The molecular formula is C49H45Cl3F9N3O5S4. The molecule has 0 amide bonds. The number of piperidine rings is 6. The van der Waals surface area contributed by atoms with Gasteiger partial charge in [-0.1, -0.05) is 36.4 Å². The summed E-state index contributed by atoms with van der Waals surface area (Å²) in [4.78, 5) is 45.9. The summed E-state index contributed by atoms with van der Waals surface area (Å²) in [6, 6.07) is 17.4. The Morgan fingerprint density at radius 2 is 1.04 bits per heavy atom. The van der Waals surface area contributed by atoms with E-state index in [1.165, 1.54) is 81.9 Å². The van der Waals surface area contributed by atoms with Gasteiger partial charge in [0.25, 0.3) is 5.24 Å². The van der Waals surface area contributed by atoms with Crippen LogP contribution in [0.15, 0.2) is 78.2 Å². The Hall–Kier alpha value is -3.47. The highest BCUT2D eigenvalue weighted by Gasteiger charge is 2.61. The summed E-state index contributed by atoms with van der Waals surface area (Å²) in [6.45, 7) is 4.96. The number of hydrogen-bond donors (Lipinski definition) is 1. The molecule has 4 bridgehead atoms. The molecule has 3 aromatic heterocycles. The number of alkyl halides is 9. The fraction of sp³-hybridized carbons (Fsp3) is 0.449. The molecule has 6 aromatic rings. The van der Waals surface area contributed by atoms with Crippen LogP contribution in [0.2, 0.25) is 0 Å². The molecule has 6 saturated heterocycles. The molecule has 2 spiro atoms. The normalized spacial score (nSPS) is 23.6. The number of fused-ring (bicyclic) bond motifs is 7. The predicted octanol–water partition coefficient (Wildman–Crippen LogP) is 14.6. The lowest BCUT2D eigenvalue weighted by Crippen LogP contribution is -2.63. The molecule has 9 heterocycles.